The number of carbonyl (C=O) groups is 1. The normalized spacial score (nSPS) is 10.9. The third-order valence-corrected chi connectivity index (χ3v) is 3.05. The van der Waals surface area contributed by atoms with Crippen LogP contribution in [0.5, 0.6) is 5.75 Å². The first kappa shape index (κ1) is 12.6. The maximum atomic E-state index is 11.2. The molecule has 0 bridgehead atoms. The van der Waals surface area contributed by atoms with Crippen molar-refractivity contribution in [2.75, 3.05) is 12.4 Å². The first-order valence-electron chi connectivity index (χ1n) is 3.97. The number of amides is 1. The second-order valence-electron chi connectivity index (χ2n) is 2.73. The standard InChI is InChI=1S/C8H8ClNO5S/c1-15-5-2-3-6(10-8(11)12)7(4-5)16(9,13)14/h2-4,10H,1H3,(H,11,12). The molecule has 0 fully saturated rings. The molecule has 16 heavy (non-hydrogen) atoms. The minimum atomic E-state index is -4.05. The van der Waals surface area contributed by atoms with Crippen LogP contribution in [0, 0.1) is 0 Å². The molecule has 88 valence electrons. The van der Waals surface area contributed by atoms with E-state index in [9.17, 15) is 13.2 Å². The Bertz CT molecular complexity index is 513. The Morgan fingerprint density at radius 3 is 2.56 bits per heavy atom. The molecule has 0 aromatic heterocycles. The van der Waals surface area contributed by atoms with Gasteiger partial charge in [-0.3, -0.25) is 5.32 Å². The van der Waals surface area contributed by atoms with Crippen molar-refractivity contribution < 1.29 is 23.1 Å². The molecule has 0 unspecified atom stereocenters. The van der Waals surface area contributed by atoms with Crippen LogP contribution in [0.25, 0.3) is 0 Å². The van der Waals surface area contributed by atoms with Crippen LogP contribution in [0.15, 0.2) is 23.1 Å². The van der Waals surface area contributed by atoms with Gasteiger partial charge in [0.1, 0.15) is 10.6 Å². The Morgan fingerprint density at radius 2 is 2.12 bits per heavy atom. The van der Waals surface area contributed by atoms with Crippen molar-refractivity contribution in [3.05, 3.63) is 18.2 Å². The van der Waals surface area contributed by atoms with Crippen LogP contribution in [0.1, 0.15) is 0 Å². The van der Waals surface area contributed by atoms with E-state index in [0.29, 0.717) is 0 Å². The average molecular weight is 266 g/mol. The van der Waals surface area contributed by atoms with Crippen LogP contribution in [0.4, 0.5) is 10.5 Å². The molecule has 0 aliphatic heterocycles. The lowest BCUT2D eigenvalue weighted by molar-refractivity contribution is 0.209. The van der Waals surface area contributed by atoms with Crippen molar-refractivity contribution >= 4 is 31.5 Å². The van der Waals surface area contributed by atoms with Gasteiger partial charge in [-0.05, 0) is 12.1 Å². The summed E-state index contributed by atoms with van der Waals surface area (Å²) in [6, 6.07) is 3.80. The van der Waals surface area contributed by atoms with Gasteiger partial charge in [-0.1, -0.05) is 0 Å². The van der Waals surface area contributed by atoms with Crippen LogP contribution >= 0.6 is 10.7 Å². The number of methoxy groups -OCH3 is 1. The second kappa shape index (κ2) is 4.58. The number of carboxylic acid groups (broad SMARTS) is 1. The molecule has 1 aromatic carbocycles. The number of halogens is 1. The molecular weight excluding hydrogens is 258 g/mol. The quantitative estimate of drug-likeness (QED) is 0.812. The topological polar surface area (TPSA) is 92.7 Å². The van der Waals surface area contributed by atoms with Crippen LogP contribution in [0.3, 0.4) is 0 Å². The largest absolute Gasteiger partial charge is 0.497 e. The Labute approximate surface area is 96.2 Å². The molecular formula is C8H8ClNO5S. The predicted octanol–water partition coefficient (Wildman–Crippen LogP) is 1.71. The lowest BCUT2D eigenvalue weighted by atomic mass is 10.3. The van der Waals surface area contributed by atoms with Crippen molar-refractivity contribution in [1.29, 1.82) is 0 Å². The Hall–Kier alpha value is -1.47. The highest BCUT2D eigenvalue weighted by atomic mass is 35.7. The van der Waals surface area contributed by atoms with Crippen molar-refractivity contribution in [2.24, 2.45) is 0 Å². The van der Waals surface area contributed by atoms with Crippen LogP contribution in [-0.2, 0) is 9.05 Å². The molecule has 6 nitrogen and oxygen atoms in total. The summed E-state index contributed by atoms with van der Waals surface area (Å²) in [5, 5.41) is 10.4. The highest BCUT2D eigenvalue weighted by molar-refractivity contribution is 8.13. The molecule has 1 rings (SSSR count). The van der Waals surface area contributed by atoms with E-state index in [1.807, 2.05) is 5.32 Å². The van der Waals surface area contributed by atoms with Crippen molar-refractivity contribution in [1.82, 2.24) is 0 Å². The molecule has 0 aliphatic rings. The van der Waals surface area contributed by atoms with E-state index in [-0.39, 0.29) is 16.3 Å². The van der Waals surface area contributed by atoms with E-state index in [0.717, 1.165) is 6.07 Å². The van der Waals surface area contributed by atoms with E-state index < -0.39 is 15.1 Å². The molecule has 0 aliphatic carbocycles. The zero-order chi connectivity index (χ0) is 12.3. The lowest BCUT2D eigenvalue weighted by Crippen LogP contribution is -2.10. The summed E-state index contributed by atoms with van der Waals surface area (Å²) in [5.74, 6) is 0.259. The number of benzene rings is 1. The minimum Gasteiger partial charge on any atom is -0.497 e. The van der Waals surface area contributed by atoms with E-state index >= 15 is 0 Å². The zero-order valence-corrected chi connectivity index (χ0v) is 9.67. The van der Waals surface area contributed by atoms with E-state index in [4.69, 9.17) is 20.5 Å². The number of nitrogens with one attached hydrogen (secondary N) is 1. The third-order valence-electron chi connectivity index (χ3n) is 1.69. The zero-order valence-electron chi connectivity index (χ0n) is 8.10. The second-order valence-corrected chi connectivity index (χ2v) is 5.26. The summed E-state index contributed by atoms with van der Waals surface area (Å²) in [7, 11) is 2.47. The molecule has 0 saturated carbocycles. The molecule has 0 heterocycles. The summed E-state index contributed by atoms with van der Waals surface area (Å²) >= 11 is 0. The fourth-order valence-corrected chi connectivity index (χ4v) is 2.07. The third kappa shape index (κ3) is 3.01. The maximum Gasteiger partial charge on any atom is 0.409 e. The van der Waals surface area contributed by atoms with Gasteiger partial charge in [-0.15, -0.1) is 0 Å². The van der Waals surface area contributed by atoms with Gasteiger partial charge < -0.3 is 9.84 Å². The van der Waals surface area contributed by atoms with Gasteiger partial charge >= 0.3 is 6.09 Å². The van der Waals surface area contributed by atoms with Crippen molar-refractivity contribution in [2.45, 2.75) is 4.90 Å². The highest BCUT2D eigenvalue weighted by Gasteiger charge is 2.18. The van der Waals surface area contributed by atoms with Gasteiger partial charge in [-0.25, -0.2) is 13.2 Å². The molecule has 2 N–H and O–H groups in total. The average Bonchev–Trinajstić information content (AvgIpc) is 2.15. The van der Waals surface area contributed by atoms with E-state index in [2.05, 4.69) is 0 Å². The molecule has 1 amide bonds. The van der Waals surface area contributed by atoms with Gasteiger partial charge in [-0.2, -0.15) is 0 Å². The van der Waals surface area contributed by atoms with Gasteiger partial charge in [0.05, 0.1) is 12.8 Å². The SMILES string of the molecule is COc1ccc(NC(=O)O)c(S(=O)(=O)Cl)c1. The van der Waals surface area contributed by atoms with Crippen LogP contribution in [0.2, 0.25) is 0 Å². The first-order chi connectivity index (χ1) is 7.34. The van der Waals surface area contributed by atoms with Gasteiger partial charge in [0, 0.05) is 16.7 Å². The first-order valence-corrected chi connectivity index (χ1v) is 6.28. The van der Waals surface area contributed by atoms with Gasteiger partial charge in [0.25, 0.3) is 9.05 Å². The fourth-order valence-electron chi connectivity index (χ4n) is 1.05. The van der Waals surface area contributed by atoms with Gasteiger partial charge in [0.15, 0.2) is 0 Å². The summed E-state index contributed by atoms with van der Waals surface area (Å²) < 4.78 is 27.2. The number of ether oxygens (including phenoxy) is 1. The fraction of sp³-hybridized carbons (Fsp3) is 0.125. The van der Waals surface area contributed by atoms with Crippen LogP contribution < -0.4 is 10.1 Å². The summed E-state index contributed by atoms with van der Waals surface area (Å²) in [6.07, 6.45) is -1.38. The molecule has 1 aromatic rings. The Morgan fingerprint density at radius 1 is 1.50 bits per heavy atom. The molecule has 0 spiro atoms. The van der Waals surface area contributed by atoms with Crippen molar-refractivity contribution in [3.63, 3.8) is 0 Å². The Balaban J connectivity index is 3.33. The highest BCUT2D eigenvalue weighted by Crippen LogP contribution is 2.28. The summed E-state index contributed by atoms with van der Waals surface area (Å²) in [6.45, 7) is 0. The smallest absolute Gasteiger partial charge is 0.409 e. The van der Waals surface area contributed by atoms with E-state index in [1.54, 1.807) is 0 Å². The number of anilines is 1. The minimum absolute atomic E-state index is 0.122. The van der Waals surface area contributed by atoms with Crippen LogP contribution in [-0.4, -0.2) is 26.7 Å². The predicted molar refractivity (Wildman–Crippen MR) is 57.7 cm³/mol. The summed E-state index contributed by atoms with van der Waals surface area (Å²) in [5.41, 5.74) is -0.122. The Kier molecular flexibility index (Phi) is 3.61. The van der Waals surface area contributed by atoms with Crippen molar-refractivity contribution in [3.8, 4) is 5.75 Å². The molecule has 0 saturated heterocycles. The molecule has 0 radical (unpaired) electrons. The number of hydrogen-bond acceptors (Lipinski definition) is 4. The van der Waals surface area contributed by atoms with E-state index in [1.165, 1.54) is 19.2 Å². The van der Waals surface area contributed by atoms with Gasteiger partial charge in [0.2, 0.25) is 0 Å². The number of rotatable bonds is 3. The lowest BCUT2D eigenvalue weighted by Gasteiger charge is -2.08. The molecule has 0 atom stereocenters. The maximum absolute atomic E-state index is 11.2. The summed E-state index contributed by atoms with van der Waals surface area (Å²) in [4.78, 5) is 10.1. The monoisotopic (exact) mass is 265 g/mol. The molecule has 8 heteroatoms. The number of hydrogen-bond donors (Lipinski definition) is 2.